The second-order valence-corrected chi connectivity index (χ2v) is 24.2. The molecule has 2 aromatic carbocycles. The van der Waals surface area contributed by atoms with Crippen LogP contribution in [0.1, 0.15) is 123 Å². The molecule has 2 aromatic rings. The van der Waals surface area contributed by atoms with Crippen LogP contribution in [0, 0.1) is 46.3 Å². The van der Waals surface area contributed by atoms with Crippen molar-refractivity contribution in [2.45, 2.75) is 147 Å². The Balaban J connectivity index is 1.08. The molecule has 0 radical (unpaired) electrons. The molecule has 10 atom stereocenters. The minimum Gasteiger partial charge on any atom is -0.368 e. The Morgan fingerprint density at radius 1 is 0.764 bits per heavy atom. The predicted octanol–water partition coefficient (Wildman–Crippen LogP) is 6.67. The highest BCUT2D eigenvalue weighted by Crippen LogP contribution is 2.48. The average molecular weight is 1050 g/mol. The molecule has 17 heteroatoms. The van der Waals surface area contributed by atoms with Gasteiger partial charge < -0.3 is 36.4 Å². The Morgan fingerprint density at radius 2 is 1.29 bits per heavy atom. The molecule has 0 aromatic heterocycles. The molecule has 13 nitrogen and oxygen atoms in total. The molecule has 6 rings (SSSR count). The monoisotopic (exact) mass is 1050 g/mol. The Kier molecular flexibility index (Phi) is 20.0. The summed E-state index contributed by atoms with van der Waals surface area (Å²) in [4.78, 5) is 90.1. The van der Waals surface area contributed by atoms with Gasteiger partial charge in [-0.25, -0.2) is 0 Å². The number of hydrogen-bond donors (Lipinski definition) is 5. The highest BCUT2D eigenvalue weighted by atomic mass is 32.2. The van der Waals surface area contributed by atoms with Crippen molar-refractivity contribution in [1.82, 2.24) is 36.4 Å². The van der Waals surface area contributed by atoms with Crippen molar-refractivity contribution in [2.75, 3.05) is 25.1 Å². The van der Waals surface area contributed by atoms with Gasteiger partial charge in [0.1, 0.15) is 30.2 Å². The fourth-order valence-electron chi connectivity index (χ4n) is 10.0. The van der Waals surface area contributed by atoms with E-state index >= 15 is 0 Å². The first-order valence-electron chi connectivity index (χ1n) is 25.1. The average Bonchev–Trinajstić information content (AvgIpc) is 3.68. The van der Waals surface area contributed by atoms with Gasteiger partial charge in [0.15, 0.2) is 5.78 Å². The number of thiocarbonyl (C=S) groups is 2. The van der Waals surface area contributed by atoms with E-state index in [1.54, 1.807) is 69.7 Å². The zero-order chi connectivity index (χ0) is 52.3. The number of hydrogen-bond acceptors (Lipinski definition) is 11. The molecule has 4 saturated heterocycles. The number of fused-ring (bicyclic) bond motifs is 2. The van der Waals surface area contributed by atoms with Crippen molar-refractivity contribution in [3.8, 4) is 23.7 Å². The first-order valence-corrected chi connectivity index (χ1v) is 28.1. The minimum absolute atomic E-state index is 0.0252. The van der Waals surface area contributed by atoms with Crippen molar-refractivity contribution in [3.05, 3.63) is 71.8 Å². The Bertz CT molecular complexity index is 2300. The molecule has 0 saturated carbocycles. The van der Waals surface area contributed by atoms with Crippen LogP contribution in [0.5, 0.6) is 0 Å². The van der Waals surface area contributed by atoms with E-state index in [0.29, 0.717) is 48.2 Å². The molecule has 4 heterocycles. The fraction of sp³-hybridized carbons (Fsp3) is 0.564. The second kappa shape index (κ2) is 25.4. The molecule has 0 spiro atoms. The normalized spacial score (nSPS) is 24.7. The SMILES string of the molecule is CC[C@@H](C)C(=S)N[C@H]1CCS[C@H]2CC(C)(C)[C@@H](C(=O)N[C@H](C(=O)CCC#CC#CCNC(=O)[C@@H](NC(=O)[C@H]3N4C(=O)[C@@H](CC(=S)[C@H](C)NC)CCS[C@H]4CC3(C)C)c3ccccc3)c3ccccc3)N2C1=O. The first kappa shape index (κ1) is 56.5. The van der Waals surface area contributed by atoms with Gasteiger partial charge in [0.2, 0.25) is 29.5 Å². The maximum atomic E-state index is 14.4. The van der Waals surface area contributed by atoms with Crippen LogP contribution in [0.4, 0.5) is 0 Å². The largest absolute Gasteiger partial charge is 0.368 e. The third-order valence-electron chi connectivity index (χ3n) is 14.5. The Morgan fingerprint density at radius 3 is 1.86 bits per heavy atom. The number of carbonyl (C=O) groups excluding carboxylic acids is 6. The summed E-state index contributed by atoms with van der Waals surface area (Å²) in [5.41, 5.74) is 0.0842. The number of nitrogens with zero attached hydrogens (tertiary/aromatic N) is 2. The lowest BCUT2D eigenvalue weighted by atomic mass is 9.83. The number of benzene rings is 2. The van der Waals surface area contributed by atoms with Crippen molar-refractivity contribution >= 4 is 93.1 Å². The maximum Gasteiger partial charge on any atom is 0.247 e. The number of nitrogens with one attached hydrogen (secondary N) is 5. The lowest BCUT2D eigenvalue weighted by Crippen LogP contribution is -2.57. The van der Waals surface area contributed by atoms with Crippen molar-refractivity contribution in [2.24, 2.45) is 22.7 Å². The topological polar surface area (TPSA) is 169 Å². The van der Waals surface area contributed by atoms with E-state index in [2.05, 4.69) is 57.2 Å². The van der Waals surface area contributed by atoms with Crippen LogP contribution in [-0.2, 0) is 28.8 Å². The van der Waals surface area contributed by atoms with E-state index in [-0.39, 0.29) is 71.5 Å². The Labute approximate surface area is 445 Å². The number of rotatable bonds is 18. The van der Waals surface area contributed by atoms with Gasteiger partial charge in [-0.15, -0.1) is 23.5 Å². The van der Waals surface area contributed by atoms with E-state index < -0.39 is 52.9 Å². The van der Waals surface area contributed by atoms with Gasteiger partial charge in [-0.05, 0) is 97.8 Å². The van der Waals surface area contributed by atoms with Gasteiger partial charge in [0.25, 0.3) is 0 Å². The van der Waals surface area contributed by atoms with E-state index in [4.69, 9.17) is 24.4 Å². The standard InChI is InChI=1S/C55H71N7O6S4/c1-9-34(2)51(70)58-39-27-30-72-43-33-55(6,7)47(62(43)53(39)68)49(65)59-44(36-21-15-13-16-22-36)40(63)25-19-11-10-12-20-28-57-48(64)45(37-23-17-14-18-24-37)60-50(66)46-54(4,5)32-42-61(46)52(67)38(26-29-71-42)31-41(69)35(3)56-8/h13-18,21-24,34-35,38-39,42-47,56H,9,19,25-33H2,1-8H3,(H,57,64)(H,58,70)(H,59,65)(H,60,66)/t34-,35+,38-,39+,42+,43+,44+,45+,46-,47-/m1/s1. The van der Waals surface area contributed by atoms with Gasteiger partial charge >= 0.3 is 0 Å². The third kappa shape index (κ3) is 13.7. The van der Waals surface area contributed by atoms with Crippen LogP contribution in [0.2, 0.25) is 0 Å². The summed E-state index contributed by atoms with van der Waals surface area (Å²) in [5, 5.41) is 15.0. The minimum atomic E-state index is -1.06. The highest BCUT2D eigenvalue weighted by Gasteiger charge is 2.56. The van der Waals surface area contributed by atoms with E-state index in [1.165, 1.54) is 0 Å². The molecule has 4 aliphatic rings. The summed E-state index contributed by atoms with van der Waals surface area (Å²) in [6, 6.07) is 13.8. The molecule has 386 valence electrons. The van der Waals surface area contributed by atoms with Gasteiger partial charge in [0, 0.05) is 35.6 Å². The summed E-state index contributed by atoms with van der Waals surface area (Å²) < 4.78 is 0. The molecule has 4 fully saturated rings. The first-order chi connectivity index (χ1) is 34.3. The van der Waals surface area contributed by atoms with Crippen molar-refractivity contribution in [1.29, 1.82) is 0 Å². The lowest BCUT2D eigenvalue weighted by molar-refractivity contribution is -0.144. The third-order valence-corrected chi connectivity index (χ3v) is 18.0. The zero-order valence-corrected chi connectivity index (χ0v) is 46.1. The quantitative estimate of drug-likeness (QED) is 0.0796. The fourth-order valence-corrected chi connectivity index (χ4v) is 13.9. The van der Waals surface area contributed by atoms with E-state index in [9.17, 15) is 28.8 Å². The second-order valence-electron chi connectivity index (χ2n) is 20.7. The van der Waals surface area contributed by atoms with Crippen LogP contribution < -0.4 is 26.6 Å². The highest BCUT2D eigenvalue weighted by molar-refractivity contribution is 8.00. The molecular weight excluding hydrogens is 983 g/mol. The lowest BCUT2D eigenvalue weighted by Gasteiger charge is -2.35. The number of thioether (sulfide) groups is 2. The molecule has 0 unspecified atom stereocenters. The van der Waals surface area contributed by atoms with Crippen LogP contribution in [0.15, 0.2) is 60.7 Å². The van der Waals surface area contributed by atoms with Gasteiger partial charge in [-0.2, -0.15) is 0 Å². The summed E-state index contributed by atoms with van der Waals surface area (Å²) in [6.07, 6.45) is 4.04. The number of carbonyl (C=O) groups is 6. The summed E-state index contributed by atoms with van der Waals surface area (Å²) >= 11 is 14.7. The maximum absolute atomic E-state index is 14.4. The molecule has 5 amide bonds. The van der Waals surface area contributed by atoms with Gasteiger partial charge in [0.05, 0.1) is 22.3 Å². The number of amides is 5. The summed E-state index contributed by atoms with van der Waals surface area (Å²) in [7, 11) is 1.84. The van der Waals surface area contributed by atoms with Crippen LogP contribution in [0.3, 0.4) is 0 Å². The predicted molar refractivity (Wildman–Crippen MR) is 295 cm³/mol. The molecular formula is C55H71N7O6S4. The van der Waals surface area contributed by atoms with Crippen molar-refractivity contribution < 1.29 is 28.8 Å². The number of ketones is 1. The van der Waals surface area contributed by atoms with Gasteiger partial charge in [-0.1, -0.05) is 138 Å². The van der Waals surface area contributed by atoms with E-state index in [0.717, 1.165) is 22.8 Å². The zero-order valence-electron chi connectivity index (χ0n) is 42.8. The summed E-state index contributed by atoms with van der Waals surface area (Å²) in [6.45, 7) is 14.0. The van der Waals surface area contributed by atoms with E-state index in [1.807, 2.05) is 72.9 Å². The molecule has 4 aliphatic heterocycles. The van der Waals surface area contributed by atoms with Crippen LogP contribution in [-0.4, -0.2) is 115 Å². The van der Waals surface area contributed by atoms with Crippen molar-refractivity contribution in [3.63, 3.8) is 0 Å². The van der Waals surface area contributed by atoms with Gasteiger partial charge in [-0.3, -0.25) is 28.8 Å². The summed E-state index contributed by atoms with van der Waals surface area (Å²) in [5.74, 6) is 10.9. The molecule has 0 bridgehead atoms. The smallest absolute Gasteiger partial charge is 0.247 e. The molecule has 0 aliphatic carbocycles. The van der Waals surface area contributed by atoms with Crippen LogP contribution >= 0.6 is 48.0 Å². The molecule has 72 heavy (non-hydrogen) atoms. The van der Waals surface area contributed by atoms with Crippen LogP contribution in [0.25, 0.3) is 0 Å². The number of Topliss-reactive ketones (excluding diaryl/α,β-unsaturated/α-hetero) is 1. The molecule has 5 N–H and O–H groups in total. The Hall–Kier alpha value is -4.78.